The topological polar surface area (TPSA) is 29.5 Å². The number of fused-ring (bicyclic) bond motifs is 1. The van der Waals surface area contributed by atoms with E-state index in [-0.39, 0.29) is 18.3 Å². The third-order valence-electron chi connectivity index (χ3n) is 3.69. The Morgan fingerprint density at radius 1 is 1.24 bits per heavy atom. The van der Waals surface area contributed by atoms with E-state index in [9.17, 15) is 9.18 Å². The van der Waals surface area contributed by atoms with Gasteiger partial charge in [-0.3, -0.25) is 4.79 Å². The van der Waals surface area contributed by atoms with E-state index in [1.54, 1.807) is 6.07 Å². The molecule has 0 saturated carbocycles. The Hall–Kier alpha value is -2.36. The maximum atomic E-state index is 13.9. The molecule has 0 aliphatic carbocycles. The van der Waals surface area contributed by atoms with Crippen LogP contribution >= 0.6 is 0 Å². The Balaban J connectivity index is 1.73. The molecule has 0 bridgehead atoms. The van der Waals surface area contributed by atoms with E-state index < -0.39 is 0 Å². The minimum Gasteiger partial charge on any atom is -0.483 e. The second-order valence-corrected chi connectivity index (χ2v) is 5.10. The van der Waals surface area contributed by atoms with Crippen LogP contribution in [-0.2, 0) is 11.2 Å². The number of anilines is 1. The first-order valence-corrected chi connectivity index (χ1v) is 6.93. The molecule has 1 aliphatic heterocycles. The van der Waals surface area contributed by atoms with Crippen LogP contribution in [0.3, 0.4) is 0 Å². The van der Waals surface area contributed by atoms with Gasteiger partial charge in [0, 0.05) is 6.54 Å². The van der Waals surface area contributed by atoms with Crippen LogP contribution in [0.25, 0.3) is 0 Å². The maximum absolute atomic E-state index is 13.9. The van der Waals surface area contributed by atoms with Crippen molar-refractivity contribution in [1.29, 1.82) is 0 Å². The lowest BCUT2D eigenvalue weighted by molar-refractivity contribution is -0.120. The largest absolute Gasteiger partial charge is 0.483 e. The average Bonchev–Trinajstić information content (AvgIpc) is 2.92. The molecule has 1 heterocycles. The van der Waals surface area contributed by atoms with Gasteiger partial charge in [0.1, 0.15) is 11.6 Å². The first kappa shape index (κ1) is 13.6. The van der Waals surface area contributed by atoms with Gasteiger partial charge in [-0.1, -0.05) is 30.3 Å². The summed E-state index contributed by atoms with van der Waals surface area (Å²) < 4.78 is 19.4. The van der Waals surface area contributed by atoms with E-state index in [2.05, 4.69) is 0 Å². The highest BCUT2D eigenvalue weighted by Gasteiger charge is 2.27. The highest BCUT2D eigenvalue weighted by atomic mass is 19.1. The van der Waals surface area contributed by atoms with E-state index in [4.69, 9.17) is 4.74 Å². The van der Waals surface area contributed by atoms with Gasteiger partial charge in [0.15, 0.2) is 6.61 Å². The van der Waals surface area contributed by atoms with Crippen molar-refractivity contribution in [2.45, 2.75) is 13.3 Å². The third-order valence-corrected chi connectivity index (χ3v) is 3.69. The molecule has 0 N–H and O–H groups in total. The number of ether oxygens (including phenoxy) is 1. The number of carbonyl (C=O) groups is 1. The molecular weight excluding hydrogens is 269 g/mol. The van der Waals surface area contributed by atoms with Crippen LogP contribution in [0.1, 0.15) is 11.1 Å². The minimum absolute atomic E-state index is 0.0847. The van der Waals surface area contributed by atoms with Crippen LogP contribution < -0.4 is 9.64 Å². The summed E-state index contributed by atoms with van der Waals surface area (Å²) in [7, 11) is 0. The minimum atomic E-state index is -0.353. The van der Waals surface area contributed by atoms with Crippen LogP contribution in [0.4, 0.5) is 10.1 Å². The van der Waals surface area contributed by atoms with Crippen LogP contribution in [-0.4, -0.2) is 19.1 Å². The van der Waals surface area contributed by atoms with Crippen LogP contribution in [0.2, 0.25) is 0 Å². The fourth-order valence-electron chi connectivity index (χ4n) is 2.59. The second kappa shape index (κ2) is 5.56. The van der Waals surface area contributed by atoms with E-state index in [0.29, 0.717) is 24.4 Å². The lowest BCUT2D eigenvalue weighted by Crippen LogP contribution is -2.34. The molecule has 2 aromatic rings. The molecule has 0 saturated heterocycles. The summed E-state index contributed by atoms with van der Waals surface area (Å²) in [6, 6.07) is 12.4. The zero-order valence-corrected chi connectivity index (χ0v) is 11.8. The Labute approximate surface area is 123 Å². The Morgan fingerprint density at radius 3 is 2.86 bits per heavy atom. The summed E-state index contributed by atoms with van der Waals surface area (Å²) in [6.07, 6.45) is 0.684. The van der Waals surface area contributed by atoms with Crippen LogP contribution in [0, 0.1) is 12.7 Å². The number of benzene rings is 2. The quantitative estimate of drug-likeness (QED) is 0.867. The summed E-state index contributed by atoms with van der Waals surface area (Å²) in [5.41, 5.74) is 2.24. The molecule has 1 amide bonds. The van der Waals surface area contributed by atoms with Crippen molar-refractivity contribution >= 4 is 11.6 Å². The highest BCUT2D eigenvalue weighted by molar-refractivity contribution is 5.96. The fraction of sp³-hybridized carbons (Fsp3) is 0.235. The molecule has 2 aromatic carbocycles. The predicted octanol–water partition coefficient (Wildman–Crippen LogP) is 3.10. The van der Waals surface area contributed by atoms with Crippen molar-refractivity contribution in [2.75, 3.05) is 18.1 Å². The number of carbonyl (C=O) groups excluding carboxylic acids is 1. The standard InChI is InChI=1S/C17H16FNO2/c1-12-5-2-3-8-15(12)21-11-16(20)19-10-9-13-6-4-7-14(18)17(13)19/h2-8H,9-11H2,1H3. The third kappa shape index (κ3) is 2.61. The zero-order chi connectivity index (χ0) is 14.8. The van der Waals surface area contributed by atoms with Crippen LogP contribution in [0.15, 0.2) is 42.5 Å². The summed E-state index contributed by atoms with van der Waals surface area (Å²) in [5.74, 6) is 0.107. The molecule has 4 heteroatoms. The van der Waals surface area contributed by atoms with Crippen molar-refractivity contribution in [3.05, 3.63) is 59.4 Å². The molecule has 3 nitrogen and oxygen atoms in total. The summed E-state index contributed by atoms with van der Waals surface area (Å²) in [5, 5.41) is 0. The molecule has 0 atom stereocenters. The van der Waals surface area contributed by atoms with Crippen molar-refractivity contribution in [3.63, 3.8) is 0 Å². The number of halogens is 1. The van der Waals surface area contributed by atoms with E-state index in [1.165, 1.54) is 11.0 Å². The van der Waals surface area contributed by atoms with Gasteiger partial charge in [-0.15, -0.1) is 0 Å². The maximum Gasteiger partial charge on any atom is 0.265 e. The first-order valence-electron chi connectivity index (χ1n) is 6.93. The first-order chi connectivity index (χ1) is 10.2. The molecule has 0 radical (unpaired) electrons. The SMILES string of the molecule is Cc1ccccc1OCC(=O)N1CCc2cccc(F)c21. The monoisotopic (exact) mass is 285 g/mol. The molecule has 3 rings (SSSR count). The van der Waals surface area contributed by atoms with Crippen LogP contribution in [0.5, 0.6) is 5.75 Å². The van der Waals surface area contributed by atoms with Gasteiger partial charge in [0.2, 0.25) is 0 Å². The number of hydrogen-bond acceptors (Lipinski definition) is 2. The Bertz CT molecular complexity index is 684. The van der Waals surface area contributed by atoms with E-state index >= 15 is 0 Å². The molecule has 108 valence electrons. The van der Waals surface area contributed by atoms with Crippen molar-refractivity contribution < 1.29 is 13.9 Å². The number of rotatable bonds is 3. The molecule has 1 aliphatic rings. The summed E-state index contributed by atoms with van der Waals surface area (Å²) in [4.78, 5) is 13.8. The number of aryl methyl sites for hydroxylation is 1. The number of para-hydroxylation sites is 2. The van der Waals surface area contributed by atoms with Crippen molar-refractivity contribution in [3.8, 4) is 5.75 Å². The molecular formula is C17H16FNO2. The lowest BCUT2D eigenvalue weighted by atomic mass is 10.1. The van der Waals surface area contributed by atoms with Gasteiger partial charge >= 0.3 is 0 Å². The molecule has 0 fully saturated rings. The van der Waals surface area contributed by atoms with Gasteiger partial charge in [-0.25, -0.2) is 4.39 Å². The number of hydrogen-bond donors (Lipinski definition) is 0. The van der Waals surface area contributed by atoms with Gasteiger partial charge in [-0.05, 0) is 36.6 Å². The molecule has 0 spiro atoms. The Kier molecular flexibility index (Phi) is 3.60. The average molecular weight is 285 g/mol. The molecule has 0 unspecified atom stereocenters. The fourth-order valence-corrected chi connectivity index (χ4v) is 2.59. The van der Waals surface area contributed by atoms with E-state index in [1.807, 2.05) is 37.3 Å². The van der Waals surface area contributed by atoms with Crippen molar-refractivity contribution in [1.82, 2.24) is 0 Å². The predicted molar refractivity (Wildman–Crippen MR) is 79.1 cm³/mol. The number of amides is 1. The van der Waals surface area contributed by atoms with E-state index in [0.717, 1.165) is 11.1 Å². The molecule has 21 heavy (non-hydrogen) atoms. The highest BCUT2D eigenvalue weighted by Crippen LogP contribution is 2.30. The van der Waals surface area contributed by atoms with Gasteiger partial charge < -0.3 is 9.64 Å². The second-order valence-electron chi connectivity index (χ2n) is 5.10. The molecule has 0 aromatic heterocycles. The van der Waals surface area contributed by atoms with Gasteiger partial charge in [0.25, 0.3) is 5.91 Å². The number of nitrogens with zero attached hydrogens (tertiary/aromatic N) is 1. The van der Waals surface area contributed by atoms with Crippen molar-refractivity contribution in [2.24, 2.45) is 0 Å². The van der Waals surface area contributed by atoms with Gasteiger partial charge in [-0.2, -0.15) is 0 Å². The summed E-state index contributed by atoms with van der Waals surface area (Å²) >= 11 is 0. The van der Waals surface area contributed by atoms with Gasteiger partial charge in [0.05, 0.1) is 5.69 Å². The normalized spacial score (nSPS) is 13.1. The summed E-state index contributed by atoms with van der Waals surface area (Å²) in [6.45, 7) is 2.34. The Morgan fingerprint density at radius 2 is 2.05 bits per heavy atom. The lowest BCUT2D eigenvalue weighted by Gasteiger charge is -2.18. The zero-order valence-electron chi connectivity index (χ0n) is 11.8. The smallest absolute Gasteiger partial charge is 0.265 e.